The van der Waals surface area contributed by atoms with E-state index in [1.54, 1.807) is 22.5 Å². The third kappa shape index (κ3) is 4.55. The van der Waals surface area contributed by atoms with Gasteiger partial charge in [-0.05, 0) is 45.3 Å². The number of benzene rings is 3. The second-order valence-electron chi connectivity index (χ2n) is 7.24. The minimum Gasteiger partial charge on any atom is -0.290 e. The topological polar surface area (TPSA) is 40.6 Å². The van der Waals surface area contributed by atoms with Crippen molar-refractivity contribution in [3.8, 4) is 0 Å². The molecule has 156 valence electrons. The molecule has 0 aliphatic carbocycles. The first-order valence-corrected chi connectivity index (χ1v) is 12.8. The van der Waals surface area contributed by atoms with Crippen LogP contribution >= 0.6 is 31.9 Å². The Morgan fingerprint density at radius 2 is 1.27 bits per heavy atom. The van der Waals surface area contributed by atoms with Crippen LogP contribution in [0.3, 0.4) is 0 Å². The number of sulfonamides is 1. The maximum absolute atomic E-state index is 13.2. The van der Waals surface area contributed by atoms with Gasteiger partial charge < -0.3 is 0 Å². The number of hydrogen-bond donors (Lipinski definition) is 0. The Labute approximate surface area is 194 Å². The summed E-state index contributed by atoms with van der Waals surface area (Å²) in [6.07, 6.45) is 0. The molecule has 0 atom stereocenters. The van der Waals surface area contributed by atoms with Crippen molar-refractivity contribution in [1.29, 1.82) is 0 Å². The number of rotatable bonds is 5. The Kier molecular flexibility index (Phi) is 6.75. The van der Waals surface area contributed by atoms with Gasteiger partial charge in [0.25, 0.3) is 0 Å². The van der Waals surface area contributed by atoms with Gasteiger partial charge in [0.05, 0.1) is 10.9 Å². The van der Waals surface area contributed by atoms with Gasteiger partial charge in [-0.1, -0.05) is 76.6 Å². The largest absolute Gasteiger partial charge is 0.290 e. The van der Waals surface area contributed by atoms with Crippen LogP contribution in [0.4, 0.5) is 0 Å². The highest BCUT2D eigenvalue weighted by atomic mass is 79.9. The third-order valence-corrected chi connectivity index (χ3v) is 8.75. The zero-order valence-corrected chi connectivity index (χ0v) is 20.3. The second kappa shape index (κ2) is 9.32. The molecule has 7 heteroatoms. The maximum Gasteiger partial charge on any atom is 0.244 e. The van der Waals surface area contributed by atoms with Crippen molar-refractivity contribution in [2.45, 2.75) is 10.9 Å². The molecule has 1 aliphatic heterocycles. The number of piperazine rings is 1. The normalized spacial score (nSPS) is 16.1. The summed E-state index contributed by atoms with van der Waals surface area (Å²) in [5, 5.41) is 0. The summed E-state index contributed by atoms with van der Waals surface area (Å²) in [7, 11) is -3.55. The van der Waals surface area contributed by atoms with Gasteiger partial charge in [0.2, 0.25) is 10.0 Å². The molecule has 0 amide bonds. The fraction of sp³-hybridized carbons (Fsp3) is 0.217. The predicted octanol–water partition coefficient (Wildman–Crippen LogP) is 5.31. The van der Waals surface area contributed by atoms with Crippen LogP contribution in [0, 0.1) is 0 Å². The van der Waals surface area contributed by atoms with Crippen LogP contribution in [0.1, 0.15) is 17.2 Å². The molecule has 0 bridgehead atoms. The molecular weight excluding hydrogens is 528 g/mol. The van der Waals surface area contributed by atoms with E-state index in [1.807, 2.05) is 12.1 Å². The van der Waals surface area contributed by atoms with Gasteiger partial charge in [-0.25, -0.2) is 8.42 Å². The molecule has 30 heavy (non-hydrogen) atoms. The molecule has 0 spiro atoms. The molecule has 1 fully saturated rings. The highest BCUT2D eigenvalue weighted by molar-refractivity contribution is 9.11. The van der Waals surface area contributed by atoms with E-state index in [-0.39, 0.29) is 6.04 Å². The van der Waals surface area contributed by atoms with Crippen molar-refractivity contribution in [1.82, 2.24) is 9.21 Å². The lowest BCUT2D eigenvalue weighted by molar-refractivity contribution is 0.156. The second-order valence-corrected chi connectivity index (χ2v) is 10.9. The number of hydrogen-bond acceptors (Lipinski definition) is 3. The molecule has 0 unspecified atom stereocenters. The predicted molar refractivity (Wildman–Crippen MR) is 127 cm³/mol. The zero-order valence-electron chi connectivity index (χ0n) is 16.3. The minimum absolute atomic E-state index is 0.108. The van der Waals surface area contributed by atoms with Gasteiger partial charge in [-0.2, -0.15) is 4.31 Å². The van der Waals surface area contributed by atoms with Gasteiger partial charge in [-0.3, -0.25) is 4.90 Å². The van der Waals surface area contributed by atoms with Crippen molar-refractivity contribution in [3.05, 3.63) is 98.9 Å². The van der Waals surface area contributed by atoms with Crippen LogP contribution in [-0.4, -0.2) is 43.8 Å². The van der Waals surface area contributed by atoms with E-state index in [1.165, 1.54) is 11.1 Å². The summed E-state index contributed by atoms with van der Waals surface area (Å²) < 4.78 is 29.4. The van der Waals surface area contributed by atoms with Crippen molar-refractivity contribution in [2.75, 3.05) is 26.2 Å². The van der Waals surface area contributed by atoms with Crippen molar-refractivity contribution >= 4 is 41.9 Å². The van der Waals surface area contributed by atoms with Gasteiger partial charge >= 0.3 is 0 Å². The lowest BCUT2D eigenvalue weighted by atomic mass is 9.96. The Morgan fingerprint density at radius 1 is 0.733 bits per heavy atom. The highest BCUT2D eigenvalue weighted by Gasteiger charge is 2.33. The zero-order chi connectivity index (χ0) is 21.1. The number of halogens is 2. The van der Waals surface area contributed by atoms with Gasteiger partial charge in [-0.15, -0.1) is 0 Å². The molecular formula is C23H22Br2N2O2S. The molecule has 0 N–H and O–H groups in total. The SMILES string of the molecule is O=S(=O)(c1ccc(Br)cc1Br)N1CCN(C(c2ccccc2)c2ccccc2)CC1. The van der Waals surface area contributed by atoms with Crippen LogP contribution in [-0.2, 0) is 10.0 Å². The standard InChI is InChI=1S/C23H22Br2N2O2S/c24-20-11-12-22(21(25)17-20)30(28,29)27-15-13-26(14-16-27)23(18-7-3-1-4-8-18)19-9-5-2-6-10-19/h1-12,17,23H,13-16H2. The molecule has 4 nitrogen and oxygen atoms in total. The van der Waals surface area contributed by atoms with E-state index in [0.717, 1.165) is 4.47 Å². The van der Waals surface area contributed by atoms with Gasteiger partial charge in [0.15, 0.2) is 0 Å². The van der Waals surface area contributed by atoms with E-state index < -0.39 is 10.0 Å². The molecule has 3 aromatic carbocycles. The first-order chi connectivity index (χ1) is 14.5. The van der Waals surface area contributed by atoms with Crippen LogP contribution in [0.2, 0.25) is 0 Å². The fourth-order valence-corrected chi connectivity index (χ4v) is 7.04. The first kappa shape index (κ1) is 21.7. The Hall–Kier alpha value is -1.51. The van der Waals surface area contributed by atoms with E-state index in [2.05, 4.69) is 85.3 Å². The van der Waals surface area contributed by atoms with E-state index in [9.17, 15) is 8.42 Å². The summed E-state index contributed by atoms with van der Waals surface area (Å²) in [6, 6.07) is 26.1. The smallest absolute Gasteiger partial charge is 0.244 e. The minimum atomic E-state index is -3.55. The molecule has 0 saturated carbocycles. The average Bonchev–Trinajstić information content (AvgIpc) is 2.76. The summed E-state index contributed by atoms with van der Waals surface area (Å²) >= 11 is 6.78. The van der Waals surface area contributed by atoms with Gasteiger partial charge in [0.1, 0.15) is 0 Å². The number of nitrogens with zero attached hydrogens (tertiary/aromatic N) is 2. The maximum atomic E-state index is 13.2. The molecule has 1 aliphatic rings. The molecule has 0 aromatic heterocycles. The van der Waals surface area contributed by atoms with E-state index in [0.29, 0.717) is 35.5 Å². The molecule has 0 radical (unpaired) electrons. The lowest BCUT2D eigenvalue weighted by Gasteiger charge is -2.39. The van der Waals surface area contributed by atoms with Crippen LogP contribution < -0.4 is 0 Å². The quantitative estimate of drug-likeness (QED) is 0.433. The van der Waals surface area contributed by atoms with Crippen LogP contribution in [0.25, 0.3) is 0 Å². The van der Waals surface area contributed by atoms with E-state index in [4.69, 9.17) is 0 Å². The van der Waals surface area contributed by atoms with Gasteiger partial charge in [0, 0.05) is 35.1 Å². The summed E-state index contributed by atoms with van der Waals surface area (Å²) in [6.45, 7) is 2.26. The highest BCUT2D eigenvalue weighted by Crippen LogP contribution is 2.32. The van der Waals surface area contributed by atoms with Crippen molar-refractivity contribution in [3.63, 3.8) is 0 Å². The van der Waals surface area contributed by atoms with Crippen molar-refractivity contribution in [2.24, 2.45) is 0 Å². The Morgan fingerprint density at radius 3 is 1.77 bits per heavy atom. The van der Waals surface area contributed by atoms with Crippen LogP contribution in [0.5, 0.6) is 0 Å². The Bertz CT molecular complexity index is 1060. The van der Waals surface area contributed by atoms with E-state index >= 15 is 0 Å². The molecule has 1 saturated heterocycles. The molecule has 4 rings (SSSR count). The first-order valence-electron chi connectivity index (χ1n) is 9.76. The fourth-order valence-electron chi connectivity index (χ4n) is 3.91. The molecule has 1 heterocycles. The monoisotopic (exact) mass is 548 g/mol. The molecule has 3 aromatic rings. The summed E-state index contributed by atoms with van der Waals surface area (Å²) in [5.74, 6) is 0. The van der Waals surface area contributed by atoms with Crippen LogP contribution in [0.15, 0.2) is 92.7 Å². The Balaban J connectivity index is 1.56. The summed E-state index contributed by atoms with van der Waals surface area (Å²) in [4.78, 5) is 2.68. The summed E-state index contributed by atoms with van der Waals surface area (Å²) in [5.41, 5.74) is 2.44. The average molecular weight is 550 g/mol. The van der Waals surface area contributed by atoms with Crippen molar-refractivity contribution < 1.29 is 8.42 Å². The lowest BCUT2D eigenvalue weighted by Crippen LogP contribution is -2.49. The third-order valence-electron chi connectivity index (χ3n) is 5.38.